The maximum atomic E-state index is 10.7. The molecule has 90 valence electrons. The molecule has 0 saturated carbocycles. The van der Waals surface area contributed by atoms with Gasteiger partial charge in [-0.3, -0.25) is 4.90 Å². The normalized spacial score (nSPS) is 11.4. The molecule has 0 radical (unpaired) electrons. The predicted octanol–water partition coefficient (Wildman–Crippen LogP) is 2.52. The quantitative estimate of drug-likeness (QED) is 0.836. The summed E-state index contributed by atoms with van der Waals surface area (Å²) in [6.45, 7) is 9.80. The van der Waals surface area contributed by atoms with Crippen LogP contribution in [-0.4, -0.2) is 28.6 Å². The summed E-state index contributed by atoms with van der Waals surface area (Å²) >= 11 is 0. The van der Waals surface area contributed by atoms with E-state index in [0.717, 1.165) is 18.7 Å². The van der Waals surface area contributed by atoms with Gasteiger partial charge in [0.2, 0.25) is 5.76 Å². The van der Waals surface area contributed by atoms with E-state index < -0.39 is 5.97 Å². The number of rotatable bonds is 5. The second-order valence-electron chi connectivity index (χ2n) is 4.15. The van der Waals surface area contributed by atoms with Gasteiger partial charge in [0.15, 0.2) is 0 Å². The van der Waals surface area contributed by atoms with Crippen LogP contribution in [-0.2, 0) is 6.54 Å². The number of nitrogens with zero attached hydrogens (tertiary/aromatic N) is 1. The summed E-state index contributed by atoms with van der Waals surface area (Å²) in [6.07, 6.45) is 0. The smallest absolute Gasteiger partial charge is 0.371 e. The van der Waals surface area contributed by atoms with Crippen molar-refractivity contribution in [2.24, 2.45) is 0 Å². The highest BCUT2D eigenvalue weighted by molar-refractivity contribution is 5.84. The highest BCUT2D eigenvalue weighted by atomic mass is 16.4. The van der Waals surface area contributed by atoms with Crippen LogP contribution in [0.1, 0.15) is 42.6 Å². The van der Waals surface area contributed by atoms with E-state index in [-0.39, 0.29) is 5.76 Å². The lowest BCUT2D eigenvalue weighted by Gasteiger charge is -2.24. The Labute approximate surface area is 95.9 Å². The summed E-state index contributed by atoms with van der Waals surface area (Å²) in [6, 6.07) is 2.05. The first-order valence-corrected chi connectivity index (χ1v) is 5.52. The van der Waals surface area contributed by atoms with E-state index >= 15 is 0 Å². The van der Waals surface area contributed by atoms with E-state index in [1.165, 1.54) is 0 Å². The summed E-state index contributed by atoms with van der Waals surface area (Å²) in [4.78, 5) is 13.0. The first-order chi connectivity index (χ1) is 7.45. The molecule has 1 aromatic rings. The monoisotopic (exact) mass is 225 g/mol. The van der Waals surface area contributed by atoms with Gasteiger partial charge in [0, 0.05) is 18.2 Å². The minimum absolute atomic E-state index is 0.0207. The molecule has 0 saturated heterocycles. The molecule has 1 aromatic heterocycles. The molecule has 1 N–H and O–H groups in total. The molecule has 0 spiro atoms. The standard InChI is InChI=1S/C12H19NO3/c1-5-13(8(2)3)7-10-6-11(12(14)15)16-9(10)4/h6,8H,5,7H2,1-4H3,(H,14,15). The summed E-state index contributed by atoms with van der Waals surface area (Å²) in [5.41, 5.74) is 0.952. The number of hydrogen-bond donors (Lipinski definition) is 1. The number of carboxylic acid groups (broad SMARTS) is 1. The molecule has 1 rings (SSSR count). The fourth-order valence-electron chi connectivity index (χ4n) is 1.66. The van der Waals surface area contributed by atoms with Crippen molar-refractivity contribution in [3.8, 4) is 0 Å². The average Bonchev–Trinajstić information content (AvgIpc) is 2.56. The van der Waals surface area contributed by atoms with Crippen LogP contribution in [0.2, 0.25) is 0 Å². The van der Waals surface area contributed by atoms with Crippen LogP contribution in [0.15, 0.2) is 10.5 Å². The zero-order chi connectivity index (χ0) is 12.3. The van der Waals surface area contributed by atoms with Gasteiger partial charge in [-0.25, -0.2) is 4.79 Å². The second kappa shape index (κ2) is 5.16. The van der Waals surface area contributed by atoms with Gasteiger partial charge in [-0.2, -0.15) is 0 Å². The Kier molecular flexibility index (Phi) is 4.12. The molecule has 0 aromatic carbocycles. The zero-order valence-electron chi connectivity index (χ0n) is 10.3. The van der Waals surface area contributed by atoms with Crippen molar-refractivity contribution in [2.75, 3.05) is 6.54 Å². The van der Waals surface area contributed by atoms with E-state index in [1.807, 2.05) is 0 Å². The summed E-state index contributed by atoms with van der Waals surface area (Å²) in [5, 5.41) is 8.82. The van der Waals surface area contributed by atoms with Gasteiger partial charge >= 0.3 is 5.97 Å². The van der Waals surface area contributed by atoms with Crippen LogP contribution in [0, 0.1) is 6.92 Å². The van der Waals surface area contributed by atoms with Crippen LogP contribution in [0.5, 0.6) is 0 Å². The molecule has 0 aliphatic rings. The highest BCUT2D eigenvalue weighted by Crippen LogP contribution is 2.17. The number of hydrogen-bond acceptors (Lipinski definition) is 3. The maximum absolute atomic E-state index is 10.7. The first-order valence-electron chi connectivity index (χ1n) is 5.52. The summed E-state index contributed by atoms with van der Waals surface area (Å²) < 4.78 is 5.17. The van der Waals surface area contributed by atoms with Crippen LogP contribution >= 0.6 is 0 Å². The Bertz CT molecular complexity index is 368. The van der Waals surface area contributed by atoms with Crippen molar-refractivity contribution in [3.63, 3.8) is 0 Å². The number of aryl methyl sites for hydroxylation is 1. The third-order valence-corrected chi connectivity index (χ3v) is 2.74. The fraction of sp³-hybridized carbons (Fsp3) is 0.583. The predicted molar refractivity (Wildman–Crippen MR) is 61.6 cm³/mol. The SMILES string of the molecule is CCN(Cc1cc(C(=O)O)oc1C)C(C)C. The van der Waals surface area contributed by atoms with Crippen molar-refractivity contribution in [1.82, 2.24) is 4.90 Å². The molecule has 4 heteroatoms. The van der Waals surface area contributed by atoms with Gasteiger partial charge in [-0.15, -0.1) is 0 Å². The van der Waals surface area contributed by atoms with Gasteiger partial charge < -0.3 is 9.52 Å². The summed E-state index contributed by atoms with van der Waals surface area (Å²) in [5.74, 6) is -0.300. The molecule has 1 heterocycles. The van der Waals surface area contributed by atoms with E-state index in [1.54, 1.807) is 13.0 Å². The number of furan rings is 1. The lowest BCUT2D eigenvalue weighted by molar-refractivity contribution is 0.0661. The lowest BCUT2D eigenvalue weighted by Crippen LogP contribution is -2.30. The Morgan fingerprint density at radius 3 is 2.56 bits per heavy atom. The van der Waals surface area contributed by atoms with Crippen molar-refractivity contribution in [3.05, 3.63) is 23.2 Å². The molecule has 0 unspecified atom stereocenters. The summed E-state index contributed by atoms with van der Waals surface area (Å²) in [7, 11) is 0. The topological polar surface area (TPSA) is 53.7 Å². The second-order valence-corrected chi connectivity index (χ2v) is 4.15. The molecule has 16 heavy (non-hydrogen) atoms. The number of carbonyl (C=O) groups is 1. The van der Waals surface area contributed by atoms with E-state index in [2.05, 4.69) is 25.7 Å². The van der Waals surface area contributed by atoms with Crippen molar-refractivity contribution < 1.29 is 14.3 Å². The number of carboxylic acids is 1. The van der Waals surface area contributed by atoms with Gasteiger partial charge in [0.25, 0.3) is 0 Å². The van der Waals surface area contributed by atoms with Crippen LogP contribution in [0.4, 0.5) is 0 Å². The van der Waals surface area contributed by atoms with Crippen LogP contribution < -0.4 is 0 Å². The van der Waals surface area contributed by atoms with Gasteiger partial charge in [0.05, 0.1) is 0 Å². The largest absolute Gasteiger partial charge is 0.475 e. The van der Waals surface area contributed by atoms with Gasteiger partial charge in [0.1, 0.15) is 5.76 Å². The molecule has 0 bridgehead atoms. The molecule has 0 atom stereocenters. The Morgan fingerprint density at radius 2 is 2.19 bits per heavy atom. The molecular formula is C12H19NO3. The van der Waals surface area contributed by atoms with Crippen molar-refractivity contribution in [1.29, 1.82) is 0 Å². The Balaban J connectivity index is 2.84. The molecule has 0 fully saturated rings. The molecule has 4 nitrogen and oxygen atoms in total. The van der Waals surface area contributed by atoms with Gasteiger partial charge in [-0.05, 0) is 33.4 Å². The fourth-order valence-corrected chi connectivity index (χ4v) is 1.66. The Morgan fingerprint density at radius 1 is 1.56 bits per heavy atom. The zero-order valence-corrected chi connectivity index (χ0v) is 10.3. The first kappa shape index (κ1) is 12.8. The lowest BCUT2D eigenvalue weighted by atomic mass is 10.2. The van der Waals surface area contributed by atoms with E-state index in [0.29, 0.717) is 11.8 Å². The molecular weight excluding hydrogens is 206 g/mol. The molecule has 0 aliphatic carbocycles. The van der Waals surface area contributed by atoms with Crippen molar-refractivity contribution >= 4 is 5.97 Å². The van der Waals surface area contributed by atoms with Crippen LogP contribution in [0.25, 0.3) is 0 Å². The minimum atomic E-state index is -1.01. The maximum Gasteiger partial charge on any atom is 0.371 e. The van der Waals surface area contributed by atoms with E-state index in [4.69, 9.17) is 9.52 Å². The highest BCUT2D eigenvalue weighted by Gasteiger charge is 2.16. The molecule has 0 aliphatic heterocycles. The third-order valence-electron chi connectivity index (χ3n) is 2.74. The van der Waals surface area contributed by atoms with Gasteiger partial charge in [-0.1, -0.05) is 6.92 Å². The average molecular weight is 225 g/mol. The van der Waals surface area contributed by atoms with E-state index in [9.17, 15) is 4.79 Å². The molecule has 0 amide bonds. The van der Waals surface area contributed by atoms with Crippen molar-refractivity contribution in [2.45, 2.75) is 40.3 Å². The number of aromatic carboxylic acids is 1. The third kappa shape index (κ3) is 2.85. The van der Waals surface area contributed by atoms with Crippen LogP contribution in [0.3, 0.4) is 0 Å². The minimum Gasteiger partial charge on any atom is -0.475 e. The Hall–Kier alpha value is -1.29.